The van der Waals surface area contributed by atoms with Gasteiger partial charge in [-0.05, 0) is 30.7 Å². The smallest absolute Gasteiger partial charge is 0.262 e. The van der Waals surface area contributed by atoms with Crippen LogP contribution >= 0.6 is 11.3 Å². The minimum atomic E-state index is -0.111. The summed E-state index contributed by atoms with van der Waals surface area (Å²) in [6.07, 6.45) is 5.43. The molecule has 2 aromatic rings. The molecule has 1 heterocycles. The lowest BCUT2D eigenvalue weighted by Crippen LogP contribution is -2.16. The fraction of sp³-hybridized carbons (Fsp3) is 0.200. The van der Waals surface area contributed by atoms with E-state index in [1.807, 2.05) is 43.3 Å². The lowest BCUT2D eigenvalue weighted by molar-refractivity contribution is 0.0967. The van der Waals surface area contributed by atoms with E-state index in [0.717, 1.165) is 16.3 Å². The van der Waals surface area contributed by atoms with Crippen LogP contribution in [0.4, 0.5) is 0 Å². The molecular weight excluding hydrogens is 272 g/mol. The molecule has 0 aliphatic carbocycles. The van der Waals surface area contributed by atoms with Crippen LogP contribution in [-0.2, 0) is 0 Å². The van der Waals surface area contributed by atoms with E-state index in [1.54, 1.807) is 13.2 Å². The summed E-state index contributed by atoms with van der Waals surface area (Å²) in [6, 6.07) is 7.83. The maximum absolute atomic E-state index is 11.4. The second kappa shape index (κ2) is 6.86. The van der Waals surface area contributed by atoms with Gasteiger partial charge in [0.05, 0.1) is 12.8 Å². The molecule has 0 aliphatic rings. The van der Waals surface area contributed by atoms with E-state index in [1.165, 1.54) is 11.3 Å². The number of rotatable bonds is 5. The van der Waals surface area contributed by atoms with Gasteiger partial charge in [0.2, 0.25) is 0 Å². The highest BCUT2D eigenvalue weighted by atomic mass is 32.1. The zero-order chi connectivity index (χ0) is 14.4. The molecule has 0 unspecified atom stereocenters. The van der Waals surface area contributed by atoms with Gasteiger partial charge in [-0.25, -0.2) is 4.98 Å². The quantitative estimate of drug-likeness (QED) is 0.920. The van der Waals surface area contributed by atoms with Gasteiger partial charge < -0.3 is 10.1 Å². The van der Waals surface area contributed by atoms with Crippen molar-refractivity contribution in [2.24, 2.45) is 0 Å². The average molecular weight is 288 g/mol. The standard InChI is InChI=1S/C15H16N2O2S/c1-3-19-12-6-4-5-11(9-12)7-8-14-17-10-13(20-14)15(18)16-2/h4-10H,3H2,1-2H3,(H,16,18)/b8-7+. The van der Waals surface area contributed by atoms with E-state index < -0.39 is 0 Å². The van der Waals surface area contributed by atoms with Crippen molar-refractivity contribution in [3.05, 3.63) is 45.9 Å². The van der Waals surface area contributed by atoms with Crippen LogP contribution in [0.5, 0.6) is 5.75 Å². The first-order chi connectivity index (χ1) is 9.72. The number of amides is 1. The largest absolute Gasteiger partial charge is 0.494 e. The Morgan fingerprint density at radius 3 is 3.05 bits per heavy atom. The van der Waals surface area contributed by atoms with Crippen molar-refractivity contribution in [3.8, 4) is 5.75 Å². The summed E-state index contributed by atoms with van der Waals surface area (Å²) in [5.41, 5.74) is 1.03. The monoisotopic (exact) mass is 288 g/mol. The fourth-order valence-corrected chi connectivity index (χ4v) is 2.40. The third-order valence-corrected chi connectivity index (χ3v) is 3.52. The maximum atomic E-state index is 11.4. The normalized spacial score (nSPS) is 10.7. The highest BCUT2D eigenvalue weighted by Crippen LogP contribution is 2.18. The number of hydrogen-bond donors (Lipinski definition) is 1. The van der Waals surface area contributed by atoms with Crippen molar-refractivity contribution in [1.29, 1.82) is 0 Å². The minimum Gasteiger partial charge on any atom is -0.494 e. The molecule has 0 aliphatic heterocycles. The van der Waals surface area contributed by atoms with E-state index in [2.05, 4.69) is 10.3 Å². The Morgan fingerprint density at radius 2 is 2.30 bits per heavy atom. The van der Waals surface area contributed by atoms with Crippen LogP contribution in [-0.4, -0.2) is 24.5 Å². The van der Waals surface area contributed by atoms with E-state index in [0.29, 0.717) is 11.5 Å². The molecule has 0 bridgehead atoms. The van der Waals surface area contributed by atoms with Crippen molar-refractivity contribution in [1.82, 2.24) is 10.3 Å². The Balaban J connectivity index is 2.10. The van der Waals surface area contributed by atoms with Gasteiger partial charge in [-0.2, -0.15) is 0 Å². The summed E-state index contributed by atoms with van der Waals surface area (Å²) >= 11 is 1.36. The van der Waals surface area contributed by atoms with Crippen molar-refractivity contribution in [3.63, 3.8) is 0 Å². The lowest BCUT2D eigenvalue weighted by atomic mass is 10.2. The topological polar surface area (TPSA) is 51.2 Å². The molecule has 1 amide bonds. The van der Waals surface area contributed by atoms with Crippen LogP contribution < -0.4 is 10.1 Å². The van der Waals surface area contributed by atoms with Crippen molar-refractivity contribution >= 4 is 29.4 Å². The summed E-state index contributed by atoms with van der Waals surface area (Å²) in [6.45, 7) is 2.60. The Bertz CT molecular complexity index is 620. The summed E-state index contributed by atoms with van der Waals surface area (Å²) < 4.78 is 5.45. The summed E-state index contributed by atoms with van der Waals surface area (Å²) in [5, 5.41) is 3.38. The van der Waals surface area contributed by atoms with E-state index in [9.17, 15) is 4.79 Å². The zero-order valence-electron chi connectivity index (χ0n) is 11.4. The number of carbonyl (C=O) groups is 1. The number of carbonyl (C=O) groups excluding carboxylic acids is 1. The fourth-order valence-electron chi connectivity index (χ4n) is 1.64. The SMILES string of the molecule is CCOc1cccc(/C=C/c2ncc(C(=O)NC)s2)c1. The second-order valence-corrected chi connectivity index (χ2v) is 5.04. The molecular formula is C15H16N2O2S. The van der Waals surface area contributed by atoms with Crippen molar-refractivity contribution < 1.29 is 9.53 Å². The highest BCUT2D eigenvalue weighted by molar-refractivity contribution is 7.14. The zero-order valence-corrected chi connectivity index (χ0v) is 12.2. The molecule has 20 heavy (non-hydrogen) atoms. The molecule has 0 atom stereocenters. The third kappa shape index (κ3) is 3.68. The molecule has 1 N–H and O–H groups in total. The second-order valence-electron chi connectivity index (χ2n) is 3.98. The van der Waals surface area contributed by atoms with Crippen LogP contribution in [0.25, 0.3) is 12.2 Å². The maximum Gasteiger partial charge on any atom is 0.262 e. The number of nitrogens with zero attached hydrogens (tertiary/aromatic N) is 1. The van der Waals surface area contributed by atoms with Crippen LogP contribution in [0.1, 0.15) is 27.2 Å². The number of hydrogen-bond acceptors (Lipinski definition) is 4. The van der Waals surface area contributed by atoms with Crippen LogP contribution in [0.2, 0.25) is 0 Å². The summed E-state index contributed by atoms with van der Waals surface area (Å²) in [4.78, 5) is 16.2. The first-order valence-electron chi connectivity index (χ1n) is 6.31. The summed E-state index contributed by atoms with van der Waals surface area (Å²) in [7, 11) is 1.61. The number of nitrogens with one attached hydrogen (secondary N) is 1. The molecule has 0 spiro atoms. The van der Waals surface area contributed by atoms with E-state index >= 15 is 0 Å². The van der Waals surface area contributed by atoms with Crippen molar-refractivity contribution in [2.75, 3.05) is 13.7 Å². The minimum absolute atomic E-state index is 0.111. The van der Waals surface area contributed by atoms with Gasteiger partial charge in [-0.15, -0.1) is 11.3 Å². The average Bonchev–Trinajstić information content (AvgIpc) is 2.94. The Labute approximate surface area is 122 Å². The molecule has 1 aromatic heterocycles. The number of aromatic nitrogens is 1. The Kier molecular flexibility index (Phi) is 4.90. The van der Waals surface area contributed by atoms with Gasteiger partial charge >= 0.3 is 0 Å². The van der Waals surface area contributed by atoms with Gasteiger partial charge in [0.25, 0.3) is 5.91 Å². The number of benzene rings is 1. The molecule has 0 radical (unpaired) electrons. The van der Waals surface area contributed by atoms with Crippen LogP contribution in [0, 0.1) is 0 Å². The van der Waals surface area contributed by atoms with Crippen LogP contribution in [0.15, 0.2) is 30.5 Å². The van der Waals surface area contributed by atoms with Crippen molar-refractivity contribution in [2.45, 2.75) is 6.92 Å². The molecule has 0 saturated carbocycles. The number of ether oxygens (including phenoxy) is 1. The molecule has 1 aromatic carbocycles. The predicted molar refractivity (Wildman–Crippen MR) is 82.0 cm³/mol. The van der Waals surface area contributed by atoms with Gasteiger partial charge in [-0.3, -0.25) is 4.79 Å². The van der Waals surface area contributed by atoms with Gasteiger partial charge in [0, 0.05) is 7.05 Å². The van der Waals surface area contributed by atoms with Gasteiger partial charge in [-0.1, -0.05) is 18.2 Å². The van der Waals surface area contributed by atoms with Crippen LogP contribution in [0.3, 0.4) is 0 Å². The van der Waals surface area contributed by atoms with Gasteiger partial charge in [0.1, 0.15) is 15.6 Å². The molecule has 0 fully saturated rings. The molecule has 5 heteroatoms. The molecule has 0 saturated heterocycles. The molecule has 2 rings (SSSR count). The third-order valence-electron chi connectivity index (χ3n) is 2.56. The lowest BCUT2D eigenvalue weighted by Gasteiger charge is -2.02. The Morgan fingerprint density at radius 1 is 1.45 bits per heavy atom. The Hall–Kier alpha value is -2.14. The summed E-state index contributed by atoms with van der Waals surface area (Å²) in [5.74, 6) is 0.736. The van der Waals surface area contributed by atoms with E-state index in [4.69, 9.17) is 4.74 Å². The highest BCUT2D eigenvalue weighted by Gasteiger charge is 2.06. The molecule has 104 valence electrons. The first-order valence-corrected chi connectivity index (χ1v) is 7.13. The predicted octanol–water partition coefficient (Wildman–Crippen LogP) is 3.07. The van der Waals surface area contributed by atoms with E-state index in [-0.39, 0.29) is 5.91 Å². The number of thiazole rings is 1. The first kappa shape index (κ1) is 14.3. The van der Waals surface area contributed by atoms with Gasteiger partial charge in [0.15, 0.2) is 0 Å². The molecule has 4 nitrogen and oxygen atoms in total.